The third-order valence-electron chi connectivity index (χ3n) is 3.21. The van der Waals surface area contributed by atoms with E-state index in [0.29, 0.717) is 6.42 Å². The molecule has 0 aliphatic carbocycles. The van der Waals surface area contributed by atoms with Crippen LogP contribution in [0.5, 0.6) is 0 Å². The van der Waals surface area contributed by atoms with Gasteiger partial charge in [-0.25, -0.2) is 0 Å². The van der Waals surface area contributed by atoms with E-state index < -0.39 is 0 Å². The fourth-order valence-corrected chi connectivity index (χ4v) is 3.13. The minimum Gasteiger partial charge on any atom is -0.344 e. The molecule has 0 spiro atoms. The Morgan fingerprint density at radius 2 is 2.00 bits per heavy atom. The predicted molar refractivity (Wildman–Crippen MR) is 88.6 cm³/mol. The molecule has 20 heavy (non-hydrogen) atoms. The van der Waals surface area contributed by atoms with Crippen molar-refractivity contribution in [1.29, 1.82) is 0 Å². The highest BCUT2D eigenvalue weighted by atomic mass is 32.1. The summed E-state index contributed by atoms with van der Waals surface area (Å²) in [5, 5.41) is 1.79. The molecule has 2 rings (SSSR count). The molecule has 0 bridgehead atoms. The number of benzene rings is 1. The molecule has 0 aliphatic heterocycles. The molecule has 106 valence electrons. The molecule has 0 saturated heterocycles. The molecule has 1 atom stereocenters. The third kappa shape index (κ3) is 4.39. The molecule has 0 radical (unpaired) electrons. The summed E-state index contributed by atoms with van der Waals surface area (Å²) in [5.41, 5.74) is 1.15. The largest absolute Gasteiger partial charge is 0.344 e. The van der Waals surface area contributed by atoms with Gasteiger partial charge in [0.15, 0.2) is 0 Å². The van der Waals surface area contributed by atoms with Crippen molar-refractivity contribution in [3.63, 3.8) is 0 Å². The van der Waals surface area contributed by atoms with Gasteiger partial charge >= 0.3 is 0 Å². The second kappa shape index (κ2) is 7.50. The van der Waals surface area contributed by atoms with E-state index in [-0.39, 0.29) is 11.2 Å². The highest BCUT2D eigenvalue weighted by Gasteiger charge is 2.18. The van der Waals surface area contributed by atoms with Gasteiger partial charge in [-0.2, -0.15) is 12.6 Å². The van der Waals surface area contributed by atoms with Gasteiger partial charge in [-0.05, 0) is 29.9 Å². The Morgan fingerprint density at radius 3 is 2.65 bits per heavy atom. The van der Waals surface area contributed by atoms with Crippen LogP contribution in [0.15, 0.2) is 47.8 Å². The second-order valence-electron chi connectivity index (χ2n) is 4.79. The number of nitrogens with zero attached hydrogens (tertiary/aromatic N) is 1. The smallest absolute Gasteiger partial charge is 0.235 e. The Bertz CT molecular complexity index is 525. The summed E-state index contributed by atoms with van der Waals surface area (Å²) >= 11 is 6.19. The van der Waals surface area contributed by atoms with Gasteiger partial charge in [0.25, 0.3) is 0 Å². The zero-order chi connectivity index (χ0) is 14.4. The summed E-state index contributed by atoms with van der Waals surface area (Å²) in [4.78, 5) is 15.3. The predicted octanol–water partition coefficient (Wildman–Crippen LogP) is 3.29. The van der Waals surface area contributed by atoms with Crippen LogP contribution in [0.4, 0.5) is 0 Å². The van der Waals surface area contributed by atoms with Crippen LogP contribution in [0.2, 0.25) is 0 Å². The quantitative estimate of drug-likeness (QED) is 0.812. The van der Waals surface area contributed by atoms with Gasteiger partial charge in [0.05, 0.1) is 5.25 Å². The molecule has 0 saturated carbocycles. The average Bonchev–Trinajstić information content (AvgIpc) is 2.98. The van der Waals surface area contributed by atoms with Crippen molar-refractivity contribution < 1.29 is 4.79 Å². The topological polar surface area (TPSA) is 20.3 Å². The molecule has 4 heteroatoms. The molecule has 1 amide bonds. The number of thiophene rings is 1. The molecule has 2 aromatic rings. The van der Waals surface area contributed by atoms with Crippen LogP contribution in [0.25, 0.3) is 0 Å². The molecule has 1 heterocycles. The number of carbonyl (C=O) groups is 1. The molecule has 2 nitrogen and oxygen atoms in total. The first-order valence-electron chi connectivity index (χ1n) is 6.66. The Hall–Kier alpha value is -1.26. The maximum atomic E-state index is 12.3. The van der Waals surface area contributed by atoms with Crippen LogP contribution in [0.3, 0.4) is 0 Å². The summed E-state index contributed by atoms with van der Waals surface area (Å²) in [6.07, 6.45) is 1.58. The Labute approximate surface area is 129 Å². The second-order valence-corrected chi connectivity index (χ2v) is 6.45. The number of carbonyl (C=O) groups excluding carboxylic acids is 1. The van der Waals surface area contributed by atoms with E-state index in [9.17, 15) is 4.79 Å². The molecule has 0 aliphatic rings. The lowest BCUT2D eigenvalue weighted by molar-refractivity contribution is -0.129. The van der Waals surface area contributed by atoms with E-state index in [2.05, 4.69) is 24.1 Å². The van der Waals surface area contributed by atoms with Crippen molar-refractivity contribution in [1.82, 2.24) is 4.90 Å². The first-order valence-corrected chi connectivity index (χ1v) is 8.06. The monoisotopic (exact) mass is 305 g/mol. The standard InChI is InChI=1S/C16H19NOS2/c1-17(10-9-14-8-5-11-20-14)16(18)15(19)12-13-6-3-2-4-7-13/h2-8,11,15,19H,9-10,12H2,1H3. The Kier molecular flexibility index (Phi) is 5.68. The van der Waals surface area contributed by atoms with E-state index in [0.717, 1.165) is 18.5 Å². The van der Waals surface area contributed by atoms with Crippen molar-refractivity contribution in [2.75, 3.05) is 13.6 Å². The van der Waals surface area contributed by atoms with Crippen LogP contribution >= 0.6 is 24.0 Å². The molecule has 0 N–H and O–H groups in total. The van der Waals surface area contributed by atoms with Crippen LogP contribution in [0.1, 0.15) is 10.4 Å². The number of hydrogen-bond acceptors (Lipinski definition) is 3. The molecule has 1 aromatic carbocycles. The van der Waals surface area contributed by atoms with E-state index in [1.165, 1.54) is 4.88 Å². The van der Waals surface area contributed by atoms with Crippen molar-refractivity contribution in [3.05, 3.63) is 58.3 Å². The lowest BCUT2D eigenvalue weighted by Crippen LogP contribution is -2.36. The van der Waals surface area contributed by atoms with Crippen LogP contribution in [-0.4, -0.2) is 29.6 Å². The van der Waals surface area contributed by atoms with Crippen molar-refractivity contribution in [2.24, 2.45) is 0 Å². The minimum absolute atomic E-state index is 0.0914. The average molecular weight is 305 g/mol. The fourth-order valence-electron chi connectivity index (χ4n) is 2.02. The highest BCUT2D eigenvalue weighted by Crippen LogP contribution is 2.12. The Morgan fingerprint density at radius 1 is 1.25 bits per heavy atom. The van der Waals surface area contributed by atoms with Crippen LogP contribution in [-0.2, 0) is 17.6 Å². The SMILES string of the molecule is CN(CCc1cccs1)C(=O)C(S)Cc1ccccc1. The third-order valence-corrected chi connectivity index (χ3v) is 4.55. The highest BCUT2D eigenvalue weighted by molar-refractivity contribution is 7.81. The van der Waals surface area contributed by atoms with Gasteiger partial charge in [0.2, 0.25) is 5.91 Å². The van der Waals surface area contributed by atoms with Crippen LogP contribution < -0.4 is 0 Å². The fraction of sp³-hybridized carbons (Fsp3) is 0.312. The van der Waals surface area contributed by atoms with E-state index >= 15 is 0 Å². The molecular formula is C16H19NOS2. The number of likely N-dealkylation sites (N-methyl/N-ethyl adjacent to an activating group) is 1. The minimum atomic E-state index is -0.272. The number of rotatable bonds is 6. The summed E-state index contributed by atoms with van der Waals surface area (Å²) in [5.74, 6) is 0.0914. The zero-order valence-corrected chi connectivity index (χ0v) is 13.2. The molecular weight excluding hydrogens is 286 g/mol. The molecule has 1 aromatic heterocycles. The van der Waals surface area contributed by atoms with E-state index in [1.807, 2.05) is 43.4 Å². The summed E-state index contributed by atoms with van der Waals surface area (Å²) in [6.45, 7) is 0.741. The molecule has 1 unspecified atom stereocenters. The van der Waals surface area contributed by atoms with Crippen LogP contribution in [0, 0.1) is 0 Å². The number of amides is 1. The van der Waals surface area contributed by atoms with Crippen molar-refractivity contribution in [3.8, 4) is 0 Å². The maximum absolute atomic E-state index is 12.3. The normalized spacial score (nSPS) is 12.1. The van der Waals surface area contributed by atoms with Crippen molar-refractivity contribution >= 4 is 29.9 Å². The Balaban J connectivity index is 1.83. The number of thiol groups is 1. The van der Waals surface area contributed by atoms with Crippen molar-refractivity contribution in [2.45, 2.75) is 18.1 Å². The summed E-state index contributed by atoms with van der Waals surface area (Å²) < 4.78 is 0. The van der Waals surface area contributed by atoms with Gasteiger partial charge < -0.3 is 4.90 Å². The summed E-state index contributed by atoms with van der Waals surface area (Å²) in [7, 11) is 1.85. The van der Waals surface area contributed by atoms with Gasteiger partial charge in [0, 0.05) is 18.5 Å². The first kappa shape index (κ1) is 15.1. The number of hydrogen-bond donors (Lipinski definition) is 1. The van der Waals surface area contributed by atoms with Gasteiger partial charge in [0.1, 0.15) is 0 Å². The lowest BCUT2D eigenvalue weighted by atomic mass is 10.1. The van der Waals surface area contributed by atoms with E-state index in [1.54, 1.807) is 16.2 Å². The first-order chi connectivity index (χ1) is 9.66. The summed E-state index contributed by atoms with van der Waals surface area (Å²) in [6, 6.07) is 14.2. The van der Waals surface area contributed by atoms with Gasteiger partial charge in [-0.1, -0.05) is 36.4 Å². The lowest BCUT2D eigenvalue weighted by Gasteiger charge is -2.20. The zero-order valence-electron chi connectivity index (χ0n) is 11.5. The van der Waals surface area contributed by atoms with Gasteiger partial charge in [-0.15, -0.1) is 11.3 Å². The molecule has 0 fully saturated rings. The van der Waals surface area contributed by atoms with E-state index in [4.69, 9.17) is 0 Å². The van der Waals surface area contributed by atoms with Gasteiger partial charge in [-0.3, -0.25) is 4.79 Å². The maximum Gasteiger partial charge on any atom is 0.235 e.